The molecule has 4 heteroatoms. The monoisotopic (exact) mass is 330 g/mol. The van der Waals surface area contributed by atoms with Gasteiger partial charge in [0.15, 0.2) is 0 Å². The molecule has 0 heterocycles. The summed E-state index contributed by atoms with van der Waals surface area (Å²) in [6.07, 6.45) is 1.29. The third kappa shape index (κ3) is 4.12. The van der Waals surface area contributed by atoms with Crippen LogP contribution in [0.1, 0.15) is 11.1 Å². The predicted molar refractivity (Wildman–Crippen MR) is 84.5 cm³/mol. The van der Waals surface area contributed by atoms with Crippen molar-refractivity contribution in [3.63, 3.8) is 0 Å². The number of hydrogen-bond acceptors (Lipinski definition) is 0. The van der Waals surface area contributed by atoms with Gasteiger partial charge < -0.3 is 0 Å². The van der Waals surface area contributed by atoms with Crippen LogP contribution in [0.15, 0.2) is 42.5 Å². The van der Waals surface area contributed by atoms with Crippen molar-refractivity contribution in [1.29, 1.82) is 0 Å². The van der Waals surface area contributed by atoms with Crippen molar-refractivity contribution in [2.24, 2.45) is 5.92 Å². The van der Waals surface area contributed by atoms with E-state index in [1.807, 2.05) is 24.3 Å². The Kier molecular flexibility index (Phi) is 5.71. The van der Waals surface area contributed by atoms with Crippen molar-refractivity contribution in [1.82, 2.24) is 0 Å². The van der Waals surface area contributed by atoms with Crippen LogP contribution in [-0.4, -0.2) is 5.88 Å². The molecule has 0 N–H and O–H groups in total. The maximum atomic E-state index is 13.8. The Hall–Kier alpha value is -0.760. The average molecular weight is 332 g/mol. The van der Waals surface area contributed by atoms with Gasteiger partial charge in [0.2, 0.25) is 0 Å². The zero-order valence-corrected chi connectivity index (χ0v) is 13.0. The first kappa shape index (κ1) is 15.6. The molecule has 2 rings (SSSR count). The summed E-state index contributed by atoms with van der Waals surface area (Å²) in [5.74, 6) is 0.309. The van der Waals surface area contributed by atoms with E-state index in [1.165, 1.54) is 6.07 Å². The van der Waals surface area contributed by atoms with Crippen LogP contribution in [0.4, 0.5) is 4.39 Å². The van der Waals surface area contributed by atoms with Crippen molar-refractivity contribution in [2.45, 2.75) is 12.8 Å². The lowest BCUT2D eigenvalue weighted by Gasteiger charge is -2.15. The van der Waals surface area contributed by atoms with Crippen molar-refractivity contribution < 1.29 is 4.39 Å². The Morgan fingerprint density at radius 1 is 0.950 bits per heavy atom. The summed E-state index contributed by atoms with van der Waals surface area (Å²) in [4.78, 5) is 0. The van der Waals surface area contributed by atoms with E-state index in [-0.39, 0.29) is 11.7 Å². The van der Waals surface area contributed by atoms with Crippen molar-refractivity contribution in [2.75, 3.05) is 5.88 Å². The second-order valence-electron chi connectivity index (χ2n) is 4.76. The van der Waals surface area contributed by atoms with Crippen LogP contribution < -0.4 is 0 Å². The summed E-state index contributed by atoms with van der Waals surface area (Å²) in [7, 11) is 0. The van der Waals surface area contributed by atoms with Crippen molar-refractivity contribution in [3.8, 4) is 0 Å². The van der Waals surface area contributed by atoms with E-state index in [2.05, 4.69) is 0 Å². The standard InChI is InChI=1S/C16H14Cl3F/c17-10-12(8-11-4-6-13(18)7-5-11)9-14-15(19)2-1-3-16(14)20/h1-7,12H,8-10H2. The molecule has 106 valence electrons. The Morgan fingerprint density at radius 3 is 2.25 bits per heavy atom. The molecule has 0 saturated carbocycles. The number of rotatable bonds is 5. The molecule has 1 unspecified atom stereocenters. The third-order valence-corrected chi connectivity index (χ3v) is 4.25. The molecule has 2 aromatic carbocycles. The van der Waals surface area contributed by atoms with E-state index < -0.39 is 0 Å². The minimum atomic E-state index is -0.274. The van der Waals surface area contributed by atoms with Crippen LogP contribution in [0.5, 0.6) is 0 Å². The zero-order valence-electron chi connectivity index (χ0n) is 10.8. The first-order valence-corrected chi connectivity index (χ1v) is 7.62. The summed E-state index contributed by atoms with van der Waals surface area (Å²) in [6.45, 7) is 0. The van der Waals surface area contributed by atoms with Gasteiger partial charge in [-0.3, -0.25) is 0 Å². The van der Waals surface area contributed by atoms with E-state index in [0.29, 0.717) is 27.9 Å². The fourth-order valence-electron chi connectivity index (χ4n) is 2.15. The van der Waals surface area contributed by atoms with E-state index in [1.54, 1.807) is 12.1 Å². The molecule has 0 radical (unpaired) electrons. The minimum absolute atomic E-state index is 0.132. The molecule has 1 atom stereocenters. The highest BCUT2D eigenvalue weighted by Crippen LogP contribution is 2.25. The first-order chi connectivity index (χ1) is 9.60. The highest BCUT2D eigenvalue weighted by atomic mass is 35.5. The van der Waals surface area contributed by atoms with Gasteiger partial charge in [-0.1, -0.05) is 41.4 Å². The second kappa shape index (κ2) is 7.31. The predicted octanol–water partition coefficient (Wildman–Crippen LogP) is 5.77. The molecule has 0 nitrogen and oxygen atoms in total. The Bertz CT molecular complexity index is 546. The first-order valence-electron chi connectivity index (χ1n) is 6.33. The van der Waals surface area contributed by atoms with Gasteiger partial charge >= 0.3 is 0 Å². The molecule has 0 aliphatic carbocycles. The second-order valence-corrected chi connectivity index (χ2v) is 5.91. The summed E-state index contributed by atoms with van der Waals surface area (Å²) in [5.41, 5.74) is 1.67. The van der Waals surface area contributed by atoms with Crippen LogP contribution in [-0.2, 0) is 12.8 Å². The van der Waals surface area contributed by atoms with E-state index in [9.17, 15) is 4.39 Å². The largest absolute Gasteiger partial charge is 0.207 e. The topological polar surface area (TPSA) is 0 Å². The molecule has 0 aliphatic heterocycles. The summed E-state index contributed by atoms with van der Waals surface area (Å²) < 4.78 is 13.8. The molecule has 0 fully saturated rings. The summed E-state index contributed by atoms with van der Waals surface area (Å²) in [6, 6.07) is 12.4. The lowest BCUT2D eigenvalue weighted by Crippen LogP contribution is -2.11. The lowest BCUT2D eigenvalue weighted by molar-refractivity contribution is 0.546. The highest BCUT2D eigenvalue weighted by molar-refractivity contribution is 6.31. The molecule has 0 aromatic heterocycles. The Labute approximate surface area is 133 Å². The average Bonchev–Trinajstić information content (AvgIpc) is 2.44. The number of halogens is 4. The van der Waals surface area contributed by atoms with Crippen LogP contribution >= 0.6 is 34.8 Å². The van der Waals surface area contributed by atoms with Crippen LogP contribution in [0.25, 0.3) is 0 Å². The number of hydrogen-bond donors (Lipinski definition) is 0. The molecule has 2 aromatic rings. The van der Waals surface area contributed by atoms with Gasteiger partial charge in [-0.25, -0.2) is 4.39 Å². The fourth-order valence-corrected chi connectivity index (χ4v) is 2.74. The van der Waals surface area contributed by atoms with Crippen LogP contribution in [0.2, 0.25) is 10.0 Å². The number of benzene rings is 2. The molecule has 0 aliphatic rings. The lowest BCUT2D eigenvalue weighted by atomic mass is 9.94. The smallest absolute Gasteiger partial charge is 0.127 e. The zero-order chi connectivity index (χ0) is 14.5. The summed E-state index contributed by atoms with van der Waals surface area (Å²) in [5, 5.41) is 1.16. The maximum Gasteiger partial charge on any atom is 0.127 e. The van der Waals surface area contributed by atoms with Gasteiger partial charge in [0.1, 0.15) is 5.82 Å². The van der Waals surface area contributed by atoms with Crippen molar-refractivity contribution in [3.05, 3.63) is 69.5 Å². The fraction of sp³-hybridized carbons (Fsp3) is 0.250. The molecule has 0 saturated heterocycles. The summed E-state index contributed by atoms with van der Waals surface area (Å²) >= 11 is 17.9. The van der Waals surface area contributed by atoms with Gasteiger partial charge in [0.05, 0.1) is 0 Å². The SMILES string of the molecule is Fc1cccc(Cl)c1CC(CCl)Cc1ccc(Cl)cc1. The van der Waals surface area contributed by atoms with Crippen molar-refractivity contribution >= 4 is 34.8 Å². The number of alkyl halides is 1. The molecular formula is C16H14Cl3F. The molecular weight excluding hydrogens is 318 g/mol. The van der Waals surface area contributed by atoms with Gasteiger partial charge in [0.25, 0.3) is 0 Å². The Morgan fingerprint density at radius 2 is 1.65 bits per heavy atom. The van der Waals surface area contributed by atoms with Crippen LogP contribution in [0, 0.1) is 11.7 Å². The molecule has 0 amide bonds. The van der Waals surface area contributed by atoms with Gasteiger partial charge in [0, 0.05) is 21.5 Å². The molecule has 20 heavy (non-hydrogen) atoms. The normalized spacial score (nSPS) is 12.4. The van der Waals surface area contributed by atoms with E-state index in [0.717, 1.165) is 12.0 Å². The van der Waals surface area contributed by atoms with E-state index >= 15 is 0 Å². The maximum absolute atomic E-state index is 13.8. The quantitative estimate of drug-likeness (QED) is 0.610. The molecule has 0 spiro atoms. The highest BCUT2D eigenvalue weighted by Gasteiger charge is 2.15. The van der Waals surface area contributed by atoms with Gasteiger partial charge in [-0.15, -0.1) is 11.6 Å². The minimum Gasteiger partial charge on any atom is -0.207 e. The Balaban J connectivity index is 2.11. The molecule has 0 bridgehead atoms. The van der Waals surface area contributed by atoms with Gasteiger partial charge in [-0.2, -0.15) is 0 Å². The van der Waals surface area contributed by atoms with Crippen LogP contribution in [0.3, 0.4) is 0 Å². The third-order valence-electron chi connectivity index (χ3n) is 3.21. The van der Waals surface area contributed by atoms with E-state index in [4.69, 9.17) is 34.8 Å². The van der Waals surface area contributed by atoms with Gasteiger partial charge in [-0.05, 0) is 48.6 Å².